The summed E-state index contributed by atoms with van der Waals surface area (Å²) in [5, 5.41) is 0. The van der Waals surface area contributed by atoms with Gasteiger partial charge in [-0.25, -0.2) is 0 Å². The van der Waals surface area contributed by atoms with Crippen LogP contribution in [0.1, 0.15) is 33.3 Å². The first kappa shape index (κ1) is 16.0. The SMILES string of the molecule is CC(C)P(Cc1ccccc1)(=Nc1ccccc1)C(C)C. The van der Waals surface area contributed by atoms with Crippen LogP contribution >= 0.6 is 7.05 Å². The first-order chi connectivity index (χ1) is 10.0. The first-order valence-corrected chi connectivity index (χ1v) is 9.81. The van der Waals surface area contributed by atoms with Gasteiger partial charge in [0.1, 0.15) is 0 Å². The summed E-state index contributed by atoms with van der Waals surface area (Å²) in [6.45, 7) is 9.35. The van der Waals surface area contributed by atoms with Crippen LogP contribution in [0.3, 0.4) is 0 Å². The summed E-state index contributed by atoms with van der Waals surface area (Å²) < 4.78 is 5.30. The minimum atomic E-state index is -1.46. The van der Waals surface area contributed by atoms with Crippen LogP contribution < -0.4 is 0 Å². The molecule has 0 unspecified atom stereocenters. The molecule has 0 aliphatic rings. The lowest BCUT2D eigenvalue weighted by molar-refractivity contribution is 0.975. The second-order valence-electron chi connectivity index (χ2n) is 6.15. The molecule has 0 N–H and O–H groups in total. The van der Waals surface area contributed by atoms with E-state index >= 15 is 0 Å². The topological polar surface area (TPSA) is 12.4 Å². The van der Waals surface area contributed by atoms with Gasteiger partial charge in [0.25, 0.3) is 0 Å². The third-order valence-corrected chi connectivity index (χ3v) is 9.18. The van der Waals surface area contributed by atoms with Crippen LogP contribution in [0.5, 0.6) is 0 Å². The van der Waals surface area contributed by atoms with E-state index in [1.807, 2.05) is 0 Å². The van der Waals surface area contributed by atoms with Gasteiger partial charge >= 0.3 is 0 Å². The van der Waals surface area contributed by atoms with Crippen molar-refractivity contribution in [1.82, 2.24) is 0 Å². The largest absolute Gasteiger partial charge is 0.267 e. The fraction of sp³-hybridized carbons (Fsp3) is 0.368. The molecule has 2 rings (SSSR count). The Bertz CT molecular complexity index is 588. The summed E-state index contributed by atoms with van der Waals surface area (Å²) >= 11 is 0. The van der Waals surface area contributed by atoms with Gasteiger partial charge in [-0.15, -0.1) is 0 Å². The highest BCUT2D eigenvalue weighted by atomic mass is 31.2. The van der Waals surface area contributed by atoms with Crippen LogP contribution in [-0.2, 0) is 6.16 Å². The predicted octanol–water partition coefficient (Wildman–Crippen LogP) is 6.54. The summed E-state index contributed by atoms with van der Waals surface area (Å²) in [6, 6.07) is 21.3. The molecular weight excluding hydrogens is 273 g/mol. The van der Waals surface area contributed by atoms with Crippen LogP contribution in [-0.4, -0.2) is 11.3 Å². The Hall–Kier alpha value is -1.33. The van der Waals surface area contributed by atoms with Crippen molar-refractivity contribution in [2.75, 3.05) is 0 Å². The smallest absolute Gasteiger partial charge is 0.0613 e. The molecule has 0 saturated carbocycles. The number of nitrogens with zero attached hydrogens (tertiary/aromatic N) is 1. The summed E-state index contributed by atoms with van der Waals surface area (Å²) in [7, 11) is -1.46. The molecule has 0 atom stereocenters. The van der Waals surface area contributed by atoms with E-state index in [2.05, 4.69) is 88.4 Å². The lowest BCUT2D eigenvalue weighted by Gasteiger charge is -2.33. The van der Waals surface area contributed by atoms with Gasteiger partial charge in [-0.1, -0.05) is 76.2 Å². The fourth-order valence-corrected chi connectivity index (χ4v) is 6.63. The van der Waals surface area contributed by atoms with E-state index in [0.717, 1.165) is 11.8 Å². The highest BCUT2D eigenvalue weighted by Gasteiger charge is 2.28. The Morgan fingerprint density at radius 3 is 1.71 bits per heavy atom. The average Bonchev–Trinajstić information content (AvgIpc) is 2.48. The van der Waals surface area contributed by atoms with Crippen molar-refractivity contribution in [1.29, 1.82) is 0 Å². The van der Waals surface area contributed by atoms with Crippen molar-refractivity contribution in [3.05, 3.63) is 66.2 Å². The van der Waals surface area contributed by atoms with Crippen molar-refractivity contribution < 1.29 is 0 Å². The van der Waals surface area contributed by atoms with Crippen molar-refractivity contribution in [3.8, 4) is 0 Å². The minimum Gasteiger partial charge on any atom is -0.267 e. The lowest BCUT2D eigenvalue weighted by atomic mass is 10.2. The summed E-state index contributed by atoms with van der Waals surface area (Å²) in [5.74, 6) is 0. The molecule has 112 valence electrons. The Labute approximate surface area is 129 Å². The van der Waals surface area contributed by atoms with E-state index in [-0.39, 0.29) is 0 Å². The molecule has 0 aromatic heterocycles. The molecule has 0 bridgehead atoms. The minimum absolute atomic E-state index is 0.595. The maximum atomic E-state index is 5.30. The molecule has 2 heteroatoms. The van der Waals surface area contributed by atoms with Crippen LogP contribution in [0, 0.1) is 0 Å². The normalized spacial score (nSPS) is 11.9. The van der Waals surface area contributed by atoms with Gasteiger partial charge in [0, 0.05) is 6.16 Å². The fourth-order valence-electron chi connectivity index (χ4n) is 2.81. The van der Waals surface area contributed by atoms with Crippen molar-refractivity contribution in [3.63, 3.8) is 0 Å². The molecule has 0 aliphatic heterocycles. The third-order valence-electron chi connectivity index (χ3n) is 4.12. The molecular formula is C19H26NP. The van der Waals surface area contributed by atoms with E-state index in [0.29, 0.717) is 11.3 Å². The van der Waals surface area contributed by atoms with Crippen LogP contribution in [0.15, 0.2) is 65.4 Å². The predicted molar refractivity (Wildman–Crippen MR) is 95.9 cm³/mol. The Morgan fingerprint density at radius 2 is 1.24 bits per heavy atom. The van der Waals surface area contributed by atoms with Gasteiger partial charge in [0.2, 0.25) is 0 Å². The highest BCUT2D eigenvalue weighted by molar-refractivity contribution is 7.67. The second-order valence-corrected chi connectivity index (χ2v) is 10.5. The molecule has 0 aliphatic carbocycles. The molecule has 0 heterocycles. The van der Waals surface area contributed by atoms with Gasteiger partial charge in [0.05, 0.1) is 5.69 Å². The molecule has 1 nitrogen and oxygen atoms in total. The highest BCUT2D eigenvalue weighted by Crippen LogP contribution is 2.62. The van der Waals surface area contributed by atoms with Gasteiger partial charge in [-0.05, 0) is 36.1 Å². The summed E-state index contributed by atoms with van der Waals surface area (Å²) in [5.41, 5.74) is 3.73. The molecule has 0 radical (unpaired) electrons. The van der Waals surface area contributed by atoms with E-state index in [1.54, 1.807) is 0 Å². The van der Waals surface area contributed by atoms with Crippen molar-refractivity contribution >= 4 is 12.7 Å². The van der Waals surface area contributed by atoms with Gasteiger partial charge in [-0.2, -0.15) is 0 Å². The van der Waals surface area contributed by atoms with E-state index in [9.17, 15) is 0 Å². The Kier molecular flexibility index (Phi) is 5.42. The second kappa shape index (κ2) is 7.09. The number of benzene rings is 2. The molecule has 21 heavy (non-hydrogen) atoms. The monoisotopic (exact) mass is 299 g/mol. The van der Waals surface area contributed by atoms with Crippen molar-refractivity contribution in [2.24, 2.45) is 4.74 Å². The number of hydrogen-bond donors (Lipinski definition) is 0. The zero-order chi connectivity index (χ0) is 15.3. The Morgan fingerprint density at radius 1 is 0.762 bits per heavy atom. The molecule has 0 saturated heterocycles. The average molecular weight is 299 g/mol. The molecule has 0 spiro atoms. The first-order valence-electron chi connectivity index (χ1n) is 7.74. The van der Waals surface area contributed by atoms with Crippen molar-refractivity contribution in [2.45, 2.75) is 45.2 Å². The van der Waals surface area contributed by atoms with E-state index in [4.69, 9.17) is 4.74 Å². The van der Waals surface area contributed by atoms with Crippen LogP contribution in [0.25, 0.3) is 0 Å². The van der Waals surface area contributed by atoms with Gasteiger partial charge < -0.3 is 0 Å². The molecule has 2 aromatic rings. The van der Waals surface area contributed by atoms with E-state index < -0.39 is 7.05 Å². The maximum Gasteiger partial charge on any atom is 0.0613 e. The zero-order valence-corrected chi connectivity index (χ0v) is 14.4. The Balaban J connectivity index is 2.51. The van der Waals surface area contributed by atoms with Gasteiger partial charge in [-0.3, -0.25) is 4.74 Å². The maximum absolute atomic E-state index is 5.30. The molecule has 0 amide bonds. The molecule has 2 aromatic carbocycles. The zero-order valence-electron chi connectivity index (χ0n) is 13.5. The molecule has 0 fully saturated rings. The quantitative estimate of drug-likeness (QED) is 0.556. The number of rotatable bonds is 5. The summed E-state index contributed by atoms with van der Waals surface area (Å²) in [6.07, 6.45) is 1.10. The lowest BCUT2D eigenvalue weighted by Crippen LogP contribution is -2.11. The van der Waals surface area contributed by atoms with Gasteiger partial charge in [0.15, 0.2) is 0 Å². The standard InChI is InChI=1S/C19H26NP/c1-16(2)21(17(3)4,15-18-11-7-5-8-12-18)20-19-13-9-6-10-14-19/h5-14,16-17H,15H2,1-4H3. The van der Waals surface area contributed by atoms with Crippen LogP contribution in [0.2, 0.25) is 0 Å². The van der Waals surface area contributed by atoms with Crippen LogP contribution in [0.4, 0.5) is 5.69 Å². The van der Waals surface area contributed by atoms with E-state index in [1.165, 1.54) is 5.56 Å². The summed E-state index contributed by atoms with van der Waals surface area (Å²) in [4.78, 5) is 0. The number of hydrogen-bond acceptors (Lipinski definition) is 1. The third kappa shape index (κ3) is 3.86.